The lowest BCUT2D eigenvalue weighted by molar-refractivity contribution is 0.287. The first-order valence-electron chi connectivity index (χ1n) is 7.99. The van der Waals surface area contributed by atoms with Crippen LogP contribution in [0.25, 0.3) is 0 Å². The molecule has 0 aliphatic rings. The molecule has 0 saturated heterocycles. The van der Waals surface area contributed by atoms with Crippen LogP contribution < -0.4 is 4.65 Å². The van der Waals surface area contributed by atoms with E-state index in [4.69, 9.17) is 14.7 Å². The molecule has 0 unspecified atom stereocenters. The lowest BCUT2D eigenvalue weighted by Crippen LogP contribution is -2.21. The molecule has 0 aromatic heterocycles. The molecule has 0 saturated carbocycles. The highest BCUT2D eigenvalue weighted by Crippen LogP contribution is 2.20. The summed E-state index contributed by atoms with van der Waals surface area (Å²) >= 11 is 0. The minimum absolute atomic E-state index is 0.565. The summed E-state index contributed by atoms with van der Waals surface area (Å²) in [5, 5.41) is 17.8. The van der Waals surface area contributed by atoms with Crippen LogP contribution in [0.15, 0.2) is 36.4 Å². The molecule has 1 aromatic carbocycles. The molecule has 4 heteroatoms. The van der Waals surface area contributed by atoms with Crippen molar-refractivity contribution in [2.75, 3.05) is 0 Å². The Bertz CT molecular complexity index is 405. The second kappa shape index (κ2) is 11.4. The number of allylic oxidation sites excluding steroid dienone is 2. The molecule has 0 atom stereocenters. The van der Waals surface area contributed by atoms with E-state index in [0.29, 0.717) is 5.75 Å². The van der Waals surface area contributed by atoms with Crippen LogP contribution in [0, 0.1) is 0 Å². The van der Waals surface area contributed by atoms with Gasteiger partial charge in [-0.1, -0.05) is 56.5 Å². The maximum Gasteiger partial charge on any atom is 0.707 e. The van der Waals surface area contributed by atoms with E-state index < -0.39 is 7.32 Å². The van der Waals surface area contributed by atoms with Gasteiger partial charge in [0, 0.05) is 0 Å². The van der Waals surface area contributed by atoms with Gasteiger partial charge in [-0.2, -0.15) is 0 Å². The summed E-state index contributed by atoms with van der Waals surface area (Å²) in [5.74, 6) is 0.565. The van der Waals surface area contributed by atoms with Crippen molar-refractivity contribution in [3.63, 3.8) is 0 Å². The third-order valence-electron chi connectivity index (χ3n) is 3.39. The number of benzene rings is 1. The minimum atomic E-state index is -1.75. The van der Waals surface area contributed by atoms with Gasteiger partial charge < -0.3 is 14.7 Å². The van der Waals surface area contributed by atoms with Crippen LogP contribution in [-0.2, 0) is 6.42 Å². The standard InChI is InChI=1S/C17H27BO3/c1-2-3-4-5-6-7-8-9-10-13-16-14-11-12-15-17(16)21-18(19)20/h4-5,11-12,14-15,19-20H,2-3,6-10,13H2,1H3. The summed E-state index contributed by atoms with van der Waals surface area (Å²) in [6.07, 6.45) is 13.8. The zero-order chi connectivity index (χ0) is 15.3. The fraction of sp³-hybridized carbons (Fsp3) is 0.529. The van der Waals surface area contributed by atoms with Crippen molar-refractivity contribution in [3.8, 4) is 5.75 Å². The van der Waals surface area contributed by atoms with Crippen molar-refractivity contribution in [1.82, 2.24) is 0 Å². The molecule has 0 amide bonds. The Hall–Kier alpha value is -1.26. The summed E-state index contributed by atoms with van der Waals surface area (Å²) in [6.45, 7) is 2.20. The Kier molecular flexibility index (Phi) is 9.67. The van der Waals surface area contributed by atoms with E-state index >= 15 is 0 Å². The molecule has 0 aliphatic carbocycles. The van der Waals surface area contributed by atoms with Crippen molar-refractivity contribution in [2.24, 2.45) is 0 Å². The fourth-order valence-electron chi connectivity index (χ4n) is 2.27. The van der Waals surface area contributed by atoms with Crippen molar-refractivity contribution in [1.29, 1.82) is 0 Å². The lowest BCUT2D eigenvalue weighted by Gasteiger charge is -2.10. The Balaban J connectivity index is 2.18. The quantitative estimate of drug-likeness (QED) is 0.369. The number of para-hydroxylation sites is 1. The Morgan fingerprint density at radius 1 is 1.00 bits per heavy atom. The SMILES string of the molecule is CCCC=CCCCCCCc1ccccc1OB(O)O. The molecule has 2 N–H and O–H groups in total. The highest BCUT2D eigenvalue weighted by atomic mass is 16.6. The molecule has 116 valence electrons. The van der Waals surface area contributed by atoms with Crippen LogP contribution in [0.2, 0.25) is 0 Å². The van der Waals surface area contributed by atoms with Crippen LogP contribution >= 0.6 is 0 Å². The van der Waals surface area contributed by atoms with E-state index in [-0.39, 0.29) is 0 Å². The first kappa shape index (κ1) is 17.8. The monoisotopic (exact) mass is 290 g/mol. The number of rotatable bonds is 11. The average molecular weight is 290 g/mol. The molecule has 0 bridgehead atoms. The summed E-state index contributed by atoms with van der Waals surface area (Å²) < 4.78 is 4.98. The second-order valence-corrected chi connectivity index (χ2v) is 5.26. The number of unbranched alkanes of at least 4 members (excludes halogenated alkanes) is 5. The van der Waals surface area contributed by atoms with E-state index in [2.05, 4.69) is 19.1 Å². The van der Waals surface area contributed by atoms with Crippen molar-refractivity contribution >= 4 is 7.32 Å². The Morgan fingerprint density at radius 2 is 1.71 bits per heavy atom. The number of aryl methyl sites for hydroxylation is 1. The van der Waals surface area contributed by atoms with Crippen LogP contribution in [0.3, 0.4) is 0 Å². The first-order valence-corrected chi connectivity index (χ1v) is 7.99. The number of hydrogen-bond acceptors (Lipinski definition) is 3. The second-order valence-electron chi connectivity index (χ2n) is 5.26. The van der Waals surface area contributed by atoms with Crippen molar-refractivity contribution in [3.05, 3.63) is 42.0 Å². The van der Waals surface area contributed by atoms with E-state index in [9.17, 15) is 0 Å². The van der Waals surface area contributed by atoms with Crippen molar-refractivity contribution in [2.45, 2.75) is 58.3 Å². The molecule has 0 aliphatic heterocycles. The molecule has 21 heavy (non-hydrogen) atoms. The van der Waals surface area contributed by atoms with E-state index in [1.54, 1.807) is 6.07 Å². The predicted octanol–water partition coefficient (Wildman–Crippen LogP) is 3.88. The summed E-state index contributed by atoms with van der Waals surface area (Å²) in [7, 11) is -1.75. The zero-order valence-electron chi connectivity index (χ0n) is 13.0. The van der Waals surface area contributed by atoms with Crippen LogP contribution in [-0.4, -0.2) is 17.4 Å². The van der Waals surface area contributed by atoms with E-state index in [1.165, 1.54) is 38.5 Å². The Morgan fingerprint density at radius 3 is 2.48 bits per heavy atom. The van der Waals surface area contributed by atoms with Gasteiger partial charge in [0.1, 0.15) is 5.75 Å². The number of hydrogen-bond donors (Lipinski definition) is 2. The van der Waals surface area contributed by atoms with Crippen LogP contribution in [0.5, 0.6) is 5.75 Å². The first-order chi connectivity index (χ1) is 10.2. The maximum atomic E-state index is 8.89. The zero-order valence-corrected chi connectivity index (χ0v) is 13.0. The highest BCUT2D eigenvalue weighted by Gasteiger charge is 2.13. The molecule has 0 spiro atoms. The normalized spacial score (nSPS) is 11.0. The highest BCUT2D eigenvalue weighted by molar-refractivity contribution is 6.33. The minimum Gasteiger partial charge on any atom is -0.512 e. The van der Waals surface area contributed by atoms with Crippen LogP contribution in [0.4, 0.5) is 0 Å². The van der Waals surface area contributed by atoms with Gasteiger partial charge in [0.25, 0.3) is 0 Å². The Labute approximate surface area is 128 Å². The van der Waals surface area contributed by atoms with Crippen molar-refractivity contribution < 1.29 is 14.7 Å². The summed E-state index contributed by atoms with van der Waals surface area (Å²) in [5.41, 5.74) is 1.04. The molecule has 0 heterocycles. The van der Waals surface area contributed by atoms with Gasteiger partial charge in [-0.15, -0.1) is 0 Å². The topological polar surface area (TPSA) is 49.7 Å². The fourth-order valence-corrected chi connectivity index (χ4v) is 2.27. The molecule has 1 rings (SSSR count). The van der Waals surface area contributed by atoms with Gasteiger partial charge in [-0.3, -0.25) is 0 Å². The maximum absolute atomic E-state index is 8.89. The van der Waals surface area contributed by atoms with E-state index in [1.807, 2.05) is 18.2 Å². The predicted molar refractivity (Wildman–Crippen MR) is 88.1 cm³/mol. The molecular weight excluding hydrogens is 263 g/mol. The van der Waals surface area contributed by atoms with Crippen LogP contribution in [0.1, 0.15) is 57.4 Å². The molecule has 3 nitrogen and oxygen atoms in total. The smallest absolute Gasteiger partial charge is 0.512 e. The molecular formula is C17H27BO3. The molecule has 1 aromatic rings. The molecule has 0 fully saturated rings. The van der Waals surface area contributed by atoms with Gasteiger partial charge in [0.05, 0.1) is 0 Å². The van der Waals surface area contributed by atoms with Gasteiger partial charge >= 0.3 is 7.32 Å². The lowest BCUT2D eigenvalue weighted by atomic mass is 10.0. The largest absolute Gasteiger partial charge is 0.707 e. The molecule has 0 radical (unpaired) electrons. The third-order valence-corrected chi connectivity index (χ3v) is 3.39. The van der Waals surface area contributed by atoms with Gasteiger partial charge in [0.2, 0.25) is 0 Å². The van der Waals surface area contributed by atoms with Gasteiger partial charge in [-0.25, -0.2) is 0 Å². The van der Waals surface area contributed by atoms with Gasteiger partial charge in [-0.05, 0) is 43.7 Å². The van der Waals surface area contributed by atoms with Gasteiger partial charge in [0.15, 0.2) is 0 Å². The average Bonchev–Trinajstić information content (AvgIpc) is 2.46. The summed E-state index contributed by atoms with van der Waals surface area (Å²) in [4.78, 5) is 0. The van der Waals surface area contributed by atoms with E-state index in [0.717, 1.165) is 18.4 Å². The third kappa shape index (κ3) is 8.58. The summed E-state index contributed by atoms with van der Waals surface area (Å²) in [6, 6.07) is 7.53.